The highest BCUT2D eigenvalue weighted by Crippen LogP contribution is 2.33. The number of methoxy groups -OCH3 is 1. The minimum absolute atomic E-state index is 0.00825. The highest BCUT2D eigenvalue weighted by molar-refractivity contribution is 7.89. The second-order valence-corrected chi connectivity index (χ2v) is 8.13. The predicted molar refractivity (Wildman–Crippen MR) is 107 cm³/mol. The van der Waals surface area contributed by atoms with Crippen LogP contribution < -0.4 is 14.4 Å². The van der Waals surface area contributed by atoms with Crippen molar-refractivity contribution in [2.45, 2.75) is 18.7 Å². The highest BCUT2D eigenvalue weighted by atomic mass is 32.2. The fourth-order valence-electron chi connectivity index (χ4n) is 3.25. The van der Waals surface area contributed by atoms with Gasteiger partial charge >= 0.3 is 0 Å². The van der Waals surface area contributed by atoms with Gasteiger partial charge in [-0.1, -0.05) is 26.0 Å². The van der Waals surface area contributed by atoms with E-state index in [2.05, 4.69) is 0 Å². The van der Waals surface area contributed by atoms with E-state index in [0.717, 1.165) is 0 Å². The van der Waals surface area contributed by atoms with Gasteiger partial charge in [0.2, 0.25) is 10.0 Å². The Morgan fingerprint density at radius 2 is 1.89 bits per heavy atom. The van der Waals surface area contributed by atoms with Gasteiger partial charge in [0.1, 0.15) is 23.0 Å². The zero-order chi connectivity index (χ0) is 20.3. The summed E-state index contributed by atoms with van der Waals surface area (Å²) < 4.78 is 38.2. The molecule has 0 fully saturated rings. The van der Waals surface area contributed by atoms with Crippen molar-refractivity contribution >= 4 is 21.6 Å². The van der Waals surface area contributed by atoms with Crippen LogP contribution >= 0.6 is 0 Å². The minimum Gasteiger partial charge on any atom is -0.495 e. The quantitative estimate of drug-likeness (QED) is 0.740. The molecule has 2 aromatic rings. The predicted octanol–water partition coefficient (Wildman–Crippen LogP) is 2.76. The largest absolute Gasteiger partial charge is 0.495 e. The summed E-state index contributed by atoms with van der Waals surface area (Å²) >= 11 is 0. The number of amides is 1. The smallest absolute Gasteiger partial charge is 0.258 e. The third-order valence-corrected chi connectivity index (χ3v) is 6.78. The standard InChI is InChI=1S/C20H24N2O5S/c1-4-21(5-2)28(24,25)19-14-15(10-11-18(19)26-3)20(23)22-12-13-27-17-9-7-6-8-16(17)22/h6-11,14H,4-5,12-13H2,1-3H3. The molecule has 28 heavy (non-hydrogen) atoms. The van der Waals surface area contributed by atoms with E-state index >= 15 is 0 Å². The van der Waals surface area contributed by atoms with Gasteiger partial charge in [0.05, 0.1) is 19.3 Å². The highest BCUT2D eigenvalue weighted by Gasteiger charge is 2.29. The van der Waals surface area contributed by atoms with Gasteiger partial charge in [0, 0.05) is 18.7 Å². The first-order valence-corrected chi connectivity index (χ1v) is 10.6. The lowest BCUT2D eigenvalue weighted by molar-refractivity contribution is 0.0976. The molecule has 1 heterocycles. The average molecular weight is 404 g/mol. The average Bonchev–Trinajstić information content (AvgIpc) is 2.73. The first-order valence-electron chi connectivity index (χ1n) is 9.15. The number of benzene rings is 2. The summed E-state index contributed by atoms with van der Waals surface area (Å²) in [6, 6.07) is 11.8. The van der Waals surface area contributed by atoms with Crippen LogP contribution in [0.5, 0.6) is 11.5 Å². The topological polar surface area (TPSA) is 76.2 Å². The molecule has 1 aliphatic rings. The van der Waals surface area contributed by atoms with Crippen molar-refractivity contribution in [2.24, 2.45) is 0 Å². The fraction of sp³-hybridized carbons (Fsp3) is 0.350. The number of anilines is 1. The number of hydrogen-bond donors (Lipinski definition) is 0. The second-order valence-electron chi connectivity index (χ2n) is 6.23. The Kier molecular flexibility index (Phi) is 5.90. The number of carbonyl (C=O) groups excluding carboxylic acids is 1. The summed E-state index contributed by atoms with van der Waals surface area (Å²) in [6.07, 6.45) is 0. The number of fused-ring (bicyclic) bond motifs is 1. The van der Waals surface area contributed by atoms with Crippen LogP contribution in [0.2, 0.25) is 0 Å². The van der Waals surface area contributed by atoms with Gasteiger partial charge in [-0.25, -0.2) is 8.42 Å². The van der Waals surface area contributed by atoms with Crippen LogP contribution in [0, 0.1) is 0 Å². The number of carbonyl (C=O) groups is 1. The van der Waals surface area contributed by atoms with Crippen molar-refractivity contribution in [3.05, 3.63) is 48.0 Å². The number of sulfonamides is 1. The van der Waals surface area contributed by atoms with E-state index < -0.39 is 10.0 Å². The van der Waals surface area contributed by atoms with Crippen molar-refractivity contribution in [3.63, 3.8) is 0 Å². The molecule has 2 aromatic carbocycles. The molecule has 0 unspecified atom stereocenters. The van der Waals surface area contributed by atoms with E-state index in [1.165, 1.54) is 23.5 Å². The molecule has 0 aliphatic carbocycles. The van der Waals surface area contributed by atoms with Crippen molar-refractivity contribution in [3.8, 4) is 11.5 Å². The minimum atomic E-state index is -3.78. The molecule has 1 amide bonds. The SMILES string of the molecule is CCN(CC)S(=O)(=O)c1cc(C(=O)N2CCOc3ccccc32)ccc1OC. The second kappa shape index (κ2) is 8.20. The van der Waals surface area contributed by atoms with E-state index in [9.17, 15) is 13.2 Å². The van der Waals surface area contributed by atoms with Gasteiger partial charge in [0.25, 0.3) is 5.91 Å². The maximum absolute atomic E-state index is 13.2. The van der Waals surface area contributed by atoms with E-state index in [0.29, 0.717) is 37.7 Å². The van der Waals surface area contributed by atoms with Gasteiger partial charge in [-0.2, -0.15) is 4.31 Å². The van der Waals surface area contributed by atoms with Crippen LogP contribution in [0.4, 0.5) is 5.69 Å². The Morgan fingerprint density at radius 1 is 1.18 bits per heavy atom. The van der Waals surface area contributed by atoms with E-state index in [1.807, 2.05) is 18.2 Å². The van der Waals surface area contributed by atoms with Gasteiger partial charge in [-0.3, -0.25) is 4.79 Å². The first-order chi connectivity index (χ1) is 13.4. The lowest BCUT2D eigenvalue weighted by Gasteiger charge is -2.29. The Bertz CT molecular complexity index is 970. The van der Waals surface area contributed by atoms with Crippen LogP contribution in [-0.2, 0) is 10.0 Å². The summed E-state index contributed by atoms with van der Waals surface area (Å²) in [5.41, 5.74) is 0.950. The number of rotatable bonds is 6. The molecule has 0 saturated carbocycles. The lowest BCUT2D eigenvalue weighted by Crippen LogP contribution is -2.38. The van der Waals surface area contributed by atoms with Crippen molar-refractivity contribution in [1.82, 2.24) is 4.31 Å². The number of para-hydroxylation sites is 2. The van der Waals surface area contributed by atoms with Gasteiger partial charge < -0.3 is 14.4 Å². The monoisotopic (exact) mass is 404 g/mol. The normalized spacial score (nSPS) is 13.8. The fourth-order valence-corrected chi connectivity index (χ4v) is 4.89. The van der Waals surface area contributed by atoms with E-state index in [4.69, 9.17) is 9.47 Å². The zero-order valence-corrected chi connectivity index (χ0v) is 17.0. The van der Waals surface area contributed by atoms with Gasteiger partial charge in [0.15, 0.2) is 0 Å². The third-order valence-electron chi connectivity index (χ3n) is 4.71. The summed E-state index contributed by atoms with van der Waals surface area (Å²) in [7, 11) is -2.37. The molecule has 0 radical (unpaired) electrons. The molecule has 150 valence electrons. The van der Waals surface area contributed by atoms with Crippen LogP contribution in [0.25, 0.3) is 0 Å². The zero-order valence-electron chi connectivity index (χ0n) is 16.2. The van der Waals surface area contributed by atoms with Gasteiger partial charge in [-0.15, -0.1) is 0 Å². The molecule has 0 bridgehead atoms. The number of nitrogens with zero attached hydrogens (tertiary/aromatic N) is 2. The van der Waals surface area contributed by atoms with Crippen molar-refractivity contribution < 1.29 is 22.7 Å². The molecular formula is C20H24N2O5S. The summed E-state index contributed by atoms with van der Waals surface area (Å²) in [5, 5.41) is 0. The lowest BCUT2D eigenvalue weighted by atomic mass is 10.1. The Morgan fingerprint density at radius 3 is 2.57 bits per heavy atom. The molecule has 0 atom stereocenters. The summed E-state index contributed by atoms with van der Waals surface area (Å²) in [5.74, 6) is 0.562. The number of hydrogen-bond acceptors (Lipinski definition) is 5. The van der Waals surface area contributed by atoms with E-state index in [-0.39, 0.29) is 22.1 Å². The Hall–Kier alpha value is -2.58. The molecule has 7 nitrogen and oxygen atoms in total. The van der Waals surface area contributed by atoms with E-state index in [1.54, 1.807) is 30.9 Å². The molecule has 0 saturated heterocycles. The van der Waals surface area contributed by atoms with Crippen LogP contribution in [0.3, 0.4) is 0 Å². The molecule has 0 aromatic heterocycles. The van der Waals surface area contributed by atoms with Crippen molar-refractivity contribution in [1.29, 1.82) is 0 Å². The Balaban J connectivity index is 2.04. The molecular weight excluding hydrogens is 380 g/mol. The van der Waals surface area contributed by atoms with Gasteiger partial charge in [-0.05, 0) is 30.3 Å². The molecule has 0 N–H and O–H groups in total. The van der Waals surface area contributed by atoms with Crippen LogP contribution in [0.1, 0.15) is 24.2 Å². The maximum Gasteiger partial charge on any atom is 0.258 e. The van der Waals surface area contributed by atoms with Crippen molar-refractivity contribution in [2.75, 3.05) is 38.3 Å². The molecule has 1 aliphatic heterocycles. The molecule has 0 spiro atoms. The molecule has 8 heteroatoms. The summed E-state index contributed by atoms with van der Waals surface area (Å²) in [4.78, 5) is 14.8. The van der Waals surface area contributed by atoms with Crippen LogP contribution in [-0.4, -0.2) is 52.0 Å². The summed E-state index contributed by atoms with van der Waals surface area (Å²) in [6.45, 7) is 4.97. The third kappa shape index (κ3) is 3.57. The Labute approximate surface area is 165 Å². The molecule has 3 rings (SSSR count). The van der Waals surface area contributed by atoms with Crippen LogP contribution in [0.15, 0.2) is 47.4 Å². The maximum atomic E-state index is 13.2. The number of ether oxygens (including phenoxy) is 2. The first kappa shape index (κ1) is 20.2.